The number of pyridine rings is 2. The molecule has 0 radical (unpaired) electrons. The average Bonchev–Trinajstić information content (AvgIpc) is 3.10. The second kappa shape index (κ2) is 5.63. The lowest BCUT2D eigenvalue weighted by atomic mass is 10.1. The monoisotopic (exact) mass is 331 g/mol. The van der Waals surface area contributed by atoms with E-state index >= 15 is 0 Å². The van der Waals surface area contributed by atoms with Crippen molar-refractivity contribution in [2.45, 2.75) is 13.8 Å². The molecule has 3 aromatic heterocycles. The van der Waals surface area contributed by atoms with Gasteiger partial charge in [0.15, 0.2) is 0 Å². The second-order valence-corrected chi connectivity index (χ2v) is 6.07. The Hall–Kier alpha value is -3.34. The van der Waals surface area contributed by atoms with Gasteiger partial charge in [-0.1, -0.05) is 17.7 Å². The van der Waals surface area contributed by atoms with Gasteiger partial charge in [0.05, 0.1) is 17.6 Å². The number of nitrogens with two attached hydrogens (primary N) is 1. The smallest absolute Gasteiger partial charge is 0.269 e. The number of aryl methyl sites for hydroxylation is 2. The number of nitrogens with zero attached hydrogens (tertiary/aromatic N) is 2. The molecule has 5 nitrogen and oxygen atoms in total. The highest BCUT2D eigenvalue weighted by atomic mass is 16.3. The van der Waals surface area contributed by atoms with Crippen LogP contribution in [-0.2, 0) is 0 Å². The first-order chi connectivity index (χ1) is 12.1. The van der Waals surface area contributed by atoms with Gasteiger partial charge in [-0.25, -0.2) is 4.98 Å². The number of benzene rings is 1. The van der Waals surface area contributed by atoms with Gasteiger partial charge in [-0.15, -0.1) is 0 Å². The minimum absolute atomic E-state index is 0.248. The Labute approximate surface area is 144 Å². The zero-order chi connectivity index (χ0) is 17.6. The summed E-state index contributed by atoms with van der Waals surface area (Å²) in [5.41, 5.74) is 10.0. The molecule has 124 valence electrons. The molecule has 0 aliphatic rings. The summed E-state index contributed by atoms with van der Waals surface area (Å²) in [7, 11) is 0. The van der Waals surface area contributed by atoms with E-state index in [1.807, 2.05) is 50.2 Å². The molecule has 0 spiro atoms. The van der Waals surface area contributed by atoms with Crippen LogP contribution in [-0.4, -0.2) is 9.55 Å². The molecule has 0 aliphatic heterocycles. The van der Waals surface area contributed by atoms with Crippen LogP contribution in [0.15, 0.2) is 64.0 Å². The SMILES string of the molecule is Cc1ccc(-n2c(=O)c(-c3ccco3)c(N)c3ccc(C)nc32)cc1. The van der Waals surface area contributed by atoms with Crippen molar-refractivity contribution in [3.05, 3.63) is 76.4 Å². The molecule has 3 heterocycles. The lowest BCUT2D eigenvalue weighted by molar-refractivity contribution is 0.581. The fourth-order valence-corrected chi connectivity index (χ4v) is 2.97. The molecule has 5 heteroatoms. The molecule has 4 aromatic rings. The molecule has 0 saturated carbocycles. The lowest BCUT2D eigenvalue weighted by Gasteiger charge is -2.15. The summed E-state index contributed by atoms with van der Waals surface area (Å²) in [5.74, 6) is 0.450. The number of rotatable bonds is 2. The molecule has 4 rings (SSSR count). The summed E-state index contributed by atoms with van der Waals surface area (Å²) >= 11 is 0. The summed E-state index contributed by atoms with van der Waals surface area (Å²) in [4.78, 5) is 17.9. The predicted octanol–water partition coefficient (Wildman–Crippen LogP) is 3.84. The lowest BCUT2D eigenvalue weighted by Crippen LogP contribution is -2.23. The number of hydrogen-bond donors (Lipinski definition) is 1. The zero-order valence-corrected chi connectivity index (χ0v) is 14.0. The van der Waals surface area contributed by atoms with Crippen LogP contribution in [0.2, 0.25) is 0 Å². The van der Waals surface area contributed by atoms with Crippen molar-refractivity contribution in [1.82, 2.24) is 9.55 Å². The van der Waals surface area contributed by atoms with Crippen LogP contribution >= 0.6 is 0 Å². The third-order valence-electron chi connectivity index (χ3n) is 4.26. The molecule has 0 unspecified atom stereocenters. The van der Waals surface area contributed by atoms with Crippen LogP contribution in [0.3, 0.4) is 0 Å². The topological polar surface area (TPSA) is 74.0 Å². The van der Waals surface area contributed by atoms with Crippen molar-refractivity contribution in [3.63, 3.8) is 0 Å². The quantitative estimate of drug-likeness (QED) is 0.605. The molecule has 0 bridgehead atoms. The van der Waals surface area contributed by atoms with Gasteiger partial charge in [0, 0.05) is 11.1 Å². The van der Waals surface area contributed by atoms with E-state index in [0.717, 1.165) is 22.3 Å². The van der Waals surface area contributed by atoms with Crippen LogP contribution in [0, 0.1) is 13.8 Å². The Morgan fingerprint density at radius 3 is 2.48 bits per heavy atom. The molecule has 2 N–H and O–H groups in total. The van der Waals surface area contributed by atoms with E-state index in [1.165, 1.54) is 6.26 Å². The fourth-order valence-electron chi connectivity index (χ4n) is 2.97. The molecule has 0 amide bonds. The Bertz CT molecular complexity index is 1120. The minimum Gasteiger partial charge on any atom is -0.464 e. The van der Waals surface area contributed by atoms with Crippen molar-refractivity contribution in [2.24, 2.45) is 0 Å². The van der Waals surface area contributed by atoms with Crippen molar-refractivity contribution in [3.8, 4) is 17.0 Å². The summed E-state index contributed by atoms with van der Waals surface area (Å²) in [6.07, 6.45) is 1.53. The molecule has 0 saturated heterocycles. The number of furan rings is 1. The Morgan fingerprint density at radius 1 is 1.04 bits per heavy atom. The van der Waals surface area contributed by atoms with E-state index in [1.54, 1.807) is 16.7 Å². The largest absolute Gasteiger partial charge is 0.464 e. The summed E-state index contributed by atoms with van der Waals surface area (Å²) in [6, 6.07) is 15.0. The maximum Gasteiger partial charge on any atom is 0.269 e. The number of aromatic nitrogens is 2. The van der Waals surface area contributed by atoms with E-state index in [9.17, 15) is 4.79 Å². The van der Waals surface area contributed by atoms with Gasteiger partial charge in [0.2, 0.25) is 0 Å². The fraction of sp³-hybridized carbons (Fsp3) is 0.100. The molecule has 0 atom stereocenters. The van der Waals surface area contributed by atoms with E-state index in [4.69, 9.17) is 10.2 Å². The first-order valence-electron chi connectivity index (χ1n) is 7.99. The molecular formula is C20H17N3O2. The Balaban J connectivity index is 2.18. The summed E-state index contributed by atoms with van der Waals surface area (Å²) < 4.78 is 7.04. The Morgan fingerprint density at radius 2 is 1.80 bits per heavy atom. The third kappa shape index (κ3) is 2.41. The number of fused-ring (bicyclic) bond motifs is 1. The van der Waals surface area contributed by atoms with Crippen molar-refractivity contribution < 1.29 is 4.42 Å². The van der Waals surface area contributed by atoms with Gasteiger partial charge in [0.1, 0.15) is 17.0 Å². The number of hydrogen-bond acceptors (Lipinski definition) is 4. The van der Waals surface area contributed by atoms with Crippen molar-refractivity contribution in [2.75, 3.05) is 5.73 Å². The van der Waals surface area contributed by atoms with Gasteiger partial charge in [-0.3, -0.25) is 9.36 Å². The maximum atomic E-state index is 13.3. The predicted molar refractivity (Wildman–Crippen MR) is 98.9 cm³/mol. The molecule has 1 aromatic carbocycles. The zero-order valence-electron chi connectivity index (χ0n) is 14.0. The first kappa shape index (κ1) is 15.2. The molecular weight excluding hydrogens is 314 g/mol. The Kier molecular flexibility index (Phi) is 3.42. The van der Waals surface area contributed by atoms with Crippen LogP contribution in [0.25, 0.3) is 28.0 Å². The van der Waals surface area contributed by atoms with Crippen LogP contribution < -0.4 is 11.3 Å². The average molecular weight is 331 g/mol. The van der Waals surface area contributed by atoms with Crippen LogP contribution in [0.1, 0.15) is 11.3 Å². The highest BCUT2D eigenvalue weighted by Crippen LogP contribution is 2.30. The molecule has 0 fully saturated rings. The van der Waals surface area contributed by atoms with Gasteiger partial charge < -0.3 is 10.2 Å². The third-order valence-corrected chi connectivity index (χ3v) is 4.26. The molecule has 25 heavy (non-hydrogen) atoms. The molecule has 0 aliphatic carbocycles. The number of nitrogen functional groups attached to an aromatic ring is 1. The van der Waals surface area contributed by atoms with Crippen molar-refractivity contribution in [1.29, 1.82) is 0 Å². The summed E-state index contributed by atoms with van der Waals surface area (Å²) in [6.45, 7) is 3.89. The van der Waals surface area contributed by atoms with Gasteiger partial charge >= 0.3 is 0 Å². The van der Waals surface area contributed by atoms with Crippen LogP contribution in [0.5, 0.6) is 0 Å². The van der Waals surface area contributed by atoms with Gasteiger partial charge in [-0.05, 0) is 50.2 Å². The van der Waals surface area contributed by atoms with E-state index in [0.29, 0.717) is 22.7 Å². The second-order valence-electron chi connectivity index (χ2n) is 6.07. The number of anilines is 1. The van der Waals surface area contributed by atoms with Gasteiger partial charge in [0.25, 0.3) is 5.56 Å². The standard InChI is InChI=1S/C20H17N3O2/c1-12-5-8-14(9-6-12)23-19-15(10-7-13(2)22-19)18(21)17(20(23)24)16-4-3-11-25-16/h3-11H,21H2,1-2H3. The summed E-state index contributed by atoms with van der Waals surface area (Å²) in [5, 5.41) is 0.720. The normalized spacial score (nSPS) is 11.1. The van der Waals surface area contributed by atoms with E-state index < -0.39 is 0 Å². The minimum atomic E-state index is -0.248. The highest BCUT2D eigenvalue weighted by Gasteiger charge is 2.20. The van der Waals surface area contributed by atoms with E-state index in [2.05, 4.69) is 4.98 Å². The highest BCUT2D eigenvalue weighted by molar-refractivity contribution is 5.96. The van der Waals surface area contributed by atoms with Gasteiger partial charge in [-0.2, -0.15) is 0 Å². The van der Waals surface area contributed by atoms with Crippen LogP contribution in [0.4, 0.5) is 5.69 Å². The first-order valence-corrected chi connectivity index (χ1v) is 7.99. The maximum absolute atomic E-state index is 13.3. The van der Waals surface area contributed by atoms with Crippen molar-refractivity contribution >= 4 is 16.7 Å². The van der Waals surface area contributed by atoms with E-state index in [-0.39, 0.29) is 5.56 Å².